The van der Waals surface area contributed by atoms with Gasteiger partial charge in [0.1, 0.15) is 18.2 Å². The van der Waals surface area contributed by atoms with Gasteiger partial charge in [0.15, 0.2) is 11.5 Å². The van der Waals surface area contributed by atoms with Crippen molar-refractivity contribution in [3.05, 3.63) is 92.9 Å². The summed E-state index contributed by atoms with van der Waals surface area (Å²) < 4.78 is 12.1. The standard InChI is InChI=1S/C24H18BrClN2O3/c1-30-22-13-17(12-21(26)23(22)31-15-16-5-3-2-4-6-16)11-18(14-27)24(29)28-20-9-7-19(25)8-10-20/h2-13H,15H2,1H3,(H,28,29)/b18-11-. The van der Waals surface area contributed by atoms with Crippen molar-refractivity contribution in [2.45, 2.75) is 6.61 Å². The summed E-state index contributed by atoms with van der Waals surface area (Å²) in [7, 11) is 1.50. The zero-order valence-corrected chi connectivity index (χ0v) is 18.9. The fraction of sp³-hybridized carbons (Fsp3) is 0.0833. The molecule has 0 spiro atoms. The molecule has 1 amide bonds. The highest BCUT2D eigenvalue weighted by atomic mass is 79.9. The van der Waals surface area contributed by atoms with Crippen LogP contribution in [0.15, 0.2) is 76.8 Å². The van der Waals surface area contributed by atoms with Gasteiger partial charge in [0.2, 0.25) is 0 Å². The Morgan fingerprint density at radius 3 is 2.52 bits per heavy atom. The van der Waals surface area contributed by atoms with Gasteiger partial charge >= 0.3 is 0 Å². The largest absolute Gasteiger partial charge is 0.493 e. The maximum atomic E-state index is 12.5. The molecule has 1 N–H and O–H groups in total. The predicted octanol–water partition coefficient (Wildman–Crippen LogP) is 6.24. The summed E-state index contributed by atoms with van der Waals surface area (Å²) in [6, 6.07) is 21.9. The molecule has 5 nitrogen and oxygen atoms in total. The molecule has 0 atom stereocenters. The average Bonchev–Trinajstić information content (AvgIpc) is 2.78. The molecular formula is C24H18BrClN2O3. The van der Waals surface area contributed by atoms with Crippen LogP contribution in [-0.2, 0) is 11.4 Å². The Bertz CT molecular complexity index is 1140. The Kier molecular flexibility index (Phi) is 7.71. The summed E-state index contributed by atoms with van der Waals surface area (Å²) in [4.78, 5) is 12.5. The van der Waals surface area contributed by atoms with E-state index in [4.69, 9.17) is 21.1 Å². The van der Waals surface area contributed by atoms with Crippen molar-refractivity contribution in [1.82, 2.24) is 0 Å². The Hall–Kier alpha value is -3.27. The number of hydrogen-bond acceptors (Lipinski definition) is 4. The fourth-order valence-corrected chi connectivity index (χ4v) is 3.28. The van der Waals surface area contributed by atoms with Crippen LogP contribution in [0, 0.1) is 11.3 Å². The molecule has 3 aromatic carbocycles. The van der Waals surface area contributed by atoms with E-state index in [1.807, 2.05) is 36.4 Å². The molecule has 0 aliphatic carbocycles. The van der Waals surface area contributed by atoms with Gasteiger partial charge in [0, 0.05) is 10.2 Å². The number of amides is 1. The maximum absolute atomic E-state index is 12.5. The Labute approximate surface area is 194 Å². The van der Waals surface area contributed by atoms with Gasteiger partial charge in [0.25, 0.3) is 5.91 Å². The van der Waals surface area contributed by atoms with Gasteiger partial charge in [-0.3, -0.25) is 4.79 Å². The van der Waals surface area contributed by atoms with Crippen LogP contribution < -0.4 is 14.8 Å². The van der Waals surface area contributed by atoms with E-state index in [1.54, 1.807) is 36.4 Å². The van der Waals surface area contributed by atoms with Crippen molar-refractivity contribution in [3.63, 3.8) is 0 Å². The summed E-state index contributed by atoms with van der Waals surface area (Å²) in [5, 5.41) is 12.5. The highest BCUT2D eigenvalue weighted by Crippen LogP contribution is 2.37. The Balaban J connectivity index is 1.81. The topological polar surface area (TPSA) is 71.3 Å². The van der Waals surface area contributed by atoms with E-state index in [2.05, 4.69) is 21.2 Å². The van der Waals surface area contributed by atoms with Gasteiger partial charge in [0.05, 0.1) is 12.1 Å². The third kappa shape index (κ3) is 6.11. The van der Waals surface area contributed by atoms with Gasteiger partial charge in [-0.25, -0.2) is 0 Å². The molecule has 0 aliphatic heterocycles. The van der Waals surface area contributed by atoms with Gasteiger partial charge in [-0.2, -0.15) is 5.26 Å². The van der Waals surface area contributed by atoms with E-state index in [9.17, 15) is 10.1 Å². The van der Waals surface area contributed by atoms with Crippen LogP contribution in [0.25, 0.3) is 6.08 Å². The lowest BCUT2D eigenvalue weighted by Crippen LogP contribution is -2.13. The molecule has 0 heterocycles. The lowest BCUT2D eigenvalue weighted by Gasteiger charge is -2.13. The van der Waals surface area contributed by atoms with Crippen molar-refractivity contribution in [1.29, 1.82) is 5.26 Å². The fourth-order valence-electron chi connectivity index (χ4n) is 2.74. The number of anilines is 1. The van der Waals surface area contributed by atoms with Crippen molar-refractivity contribution in [2.24, 2.45) is 0 Å². The molecule has 3 aromatic rings. The van der Waals surface area contributed by atoms with Crippen LogP contribution in [0.1, 0.15) is 11.1 Å². The molecule has 0 saturated heterocycles. The minimum atomic E-state index is -0.524. The van der Waals surface area contributed by atoms with Gasteiger partial charge in [-0.15, -0.1) is 0 Å². The number of hydrogen-bond donors (Lipinski definition) is 1. The monoisotopic (exact) mass is 496 g/mol. The SMILES string of the molecule is COc1cc(/C=C(/C#N)C(=O)Nc2ccc(Br)cc2)cc(Cl)c1OCc1ccccc1. The van der Waals surface area contributed by atoms with E-state index in [0.29, 0.717) is 34.4 Å². The van der Waals surface area contributed by atoms with E-state index < -0.39 is 5.91 Å². The molecule has 0 saturated carbocycles. The van der Waals surface area contributed by atoms with E-state index in [0.717, 1.165) is 10.0 Å². The van der Waals surface area contributed by atoms with Gasteiger partial charge < -0.3 is 14.8 Å². The molecule has 31 heavy (non-hydrogen) atoms. The second-order valence-corrected chi connectivity index (χ2v) is 7.76. The first kappa shape index (κ1) is 22.4. The number of nitriles is 1. The zero-order chi connectivity index (χ0) is 22.2. The third-order valence-corrected chi connectivity index (χ3v) is 5.07. The van der Waals surface area contributed by atoms with Crippen LogP contribution in [0.5, 0.6) is 11.5 Å². The minimum Gasteiger partial charge on any atom is -0.493 e. The smallest absolute Gasteiger partial charge is 0.266 e. The van der Waals surface area contributed by atoms with E-state index in [-0.39, 0.29) is 5.57 Å². The molecule has 0 aliphatic rings. The zero-order valence-electron chi connectivity index (χ0n) is 16.6. The lowest BCUT2D eigenvalue weighted by molar-refractivity contribution is -0.112. The number of carbonyl (C=O) groups excluding carboxylic acids is 1. The molecule has 0 unspecified atom stereocenters. The van der Waals surface area contributed by atoms with Crippen molar-refractivity contribution in [2.75, 3.05) is 12.4 Å². The highest BCUT2D eigenvalue weighted by Gasteiger charge is 2.14. The third-order valence-electron chi connectivity index (χ3n) is 4.26. The number of benzene rings is 3. The van der Waals surface area contributed by atoms with Crippen LogP contribution in [0.2, 0.25) is 5.02 Å². The van der Waals surface area contributed by atoms with Crippen LogP contribution in [-0.4, -0.2) is 13.0 Å². The number of nitrogens with zero attached hydrogens (tertiary/aromatic N) is 1. The molecule has 156 valence electrons. The first-order chi connectivity index (χ1) is 15.0. The number of halogens is 2. The number of methoxy groups -OCH3 is 1. The van der Waals surface area contributed by atoms with Gasteiger partial charge in [-0.1, -0.05) is 57.9 Å². The normalized spacial score (nSPS) is 10.8. The predicted molar refractivity (Wildman–Crippen MR) is 125 cm³/mol. The summed E-state index contributed by atoms with van der Waals surface area (Å²) in [5.74, 6) is 0.271. The van der Waals surface area contributed by atoms with Crippen LogP contribution in [0.3, 0.4) is 0 Å². The minimum absolute atomic E-state index is 0.0704. The second-order valence-electron chi connectivity index (χ2n) is 6.44. The summed E-state index contributed by atoms with van der Waals surface area (Å²) in [5.41, 5.74) is 2.03. The lowest BCUT2D eigenvalue weighted by atomic mass is 10.1. The molecule has 7 heteroatoms. The highest BCUT2D eigenvalue weighted by molar-refractivity contribution is 9.10. The summed E-state index contributed by atoms with van der Waals surface area (Å²) >= 11 is 9.75. The van der Waals surface area contributed by atoms with E-state index in [1.165, 1.54) is 13.2 Å². The van der Waals surface area contributed by atoms with Crippen molar-refractivity contribution in [3.8, 4) is 17.6 Å². The number of nitrogens with one attached hydrogen (secondary N) is 1. The van der Waals surface area contributed by atoms with Crippen molar-refractivity contribution >= 4 is 45.2 Å². The average molecular weight is 498 g/mol. The maximum Gasteiger partial charge on any atom is 0.266 e. The number of rotatable bonds is 7. The Morgan fingerprint density at radius 2 is 1.87 bits per heavy atom. The summed E-state index contributed by atoms with van der Waals surface area (Å²) in [6.45, 7) is 0.325. The molecule has 0 aromatic heterocycles. The Morgan fingerprint density at radius 1 is 1.16 bits per heavy atom. The first-order valence-corrected chi connectivity index (χ1v) is 10.4. The molecule has 3 rings (SSSR count). The molecular weight excluding hydrogens is 480 g/mol. The van der Waals surface area contributed by atoms with E-state index >= 15 is 0 Å². The first-order valence-electron chi connectivity index (χ1n) is 9.23. The number of ether oxygens (including phenoxy) is 2. The molecule has 0 bridgehead atoms. The van der Waals surface area contributed by atoms with Gasteiger partial charge in [-0.05, 0) is 53.6 Å². The number of carbonyl (C=O) groups is 1. The molecule has 0 radical (unpaired) electrons. The van der Waals surface area contributed by atoms with Crippen LogP contribution in [0.4, 0.5) is 5.69 Å². The summed E-state index contributed by atoms with van der Waals surface area (Å²) in [6.07, 6.45) is 1.45. The molecule has 0 fully saturated rings. The van der Waals surface area contributed by atoms with Crippen LogP contribution >= 0.6 is 27.5 Å². The van der Waals surface area contributed by atoms with Crippen molar-refractivity contribution < 1.29 is 14.3 Å². The quantitative estimate of drug-likeness (QED) is 0.310. The second kappa shape index (κ2) is 10.7.